The summed E-state index contributed by atoms with van der Waals surface area (Å²) in [5.74, 6) is 5.98. The number of anilines is 2. The highest BCUT2D eigenvalue weighted by Crippen LogP contribution is 2.29. The Morgan fingerprint density at radius 3 is 2.67 bits per heavy atom. The van der Waals surface area contributed by atoms with Gasteiger partial charge >= 0.3 is 0 Å². The van der Waals surface area contributed by atoms with E-state index in [2.05, 4.69) is 53.0 Å². The molecule has 10 nitrogen and oxygen atoms in total. The van der Waals surface area contributed by atoms with Gasteiger partial charge in [-0.25, -0.2) is 9.97 Å². The van der Waals surface area contributed by atoms with Crippen molar-refractivity contribution in [1.29, 1.82) is 0 Å². The fourth-order valence-corrected chi connectivity index (χ4v) is 5.83. The summed E-state index contributed by atoms with van der Waals surface area (Å²) < 4.78 is 5.49. The summed E-state index contributed by atoms with van der Waals surface area (Å²) in [7, 11) is 0. The third-order valence-corrected chi connectivity index (χ3v) is 7.92. The number of ether oxygens (including phenoxy) is 1. The van der Waals surface area contributed by atoms with Crippen LogP contribution in [0.1, 0.15) is 31.0 Å². The first-order valence-corrected chi connectivity index (χ1v) is 14.8. The zero-order valence-electron chi connectivity index (χ0n) is 24.3. The Morgan fingerprint density at radius 2 is 1.86 bits per heavy atom. The summed E-state index contributed by atoms with van der Waals surface area (Å²) in [6, 6.07) is 14.2. The predicted molar refractivity (Wildman–Crippen MR) is 166 cm³/mol. The van der Waals surface area contributed by atoms with Gasteiger partial charge in [-0.1, -0.05) is 30.2 Å². The summed E-state index contributed by atoms with van der Waals surface area (Å²) in [6.07, 6.45) is 5.85. The van der Waals surface area contributed by atoms with E-state index in [0.29, 0.717) is 26.2 Å². The number of hydrogen-bond donors (Lipinski definition) is 2. The van der Waals surface area contributed by atoms with Crippen LogP contribution in [0.5, 0.6) is 0 Å². The second kappa shape index (κ2) is 13.0. The molecule has 6 rings (SSSR count). The summed E-state index contributed by atoms with van der Waals surface area (Å²) >= 11 is 0. The van der Waals surface area contributed by atoms with Crippen LogP contribution in [0.2, 0.25) is 0 Å². The van der Waals surface area contributed by atoms with E-state index in [0.717, 1.165) is 77.5 Å². The van der Waals surface area contributed by atoms with Crippen LogP contribution in [0.25, 0.3) is 22.3 Å². The van der Waals surface area contributed by atoms with E-state index in [4.69, 9.17) is 4.74 Å². The van der Waals surface area contributed by atoms with Crippen LogP contribution in [0.4, 0.5) is 11.5 Å². The highest BCUT2D eigenvalue weighted by molar-refractivity contribution is 5.93. The molecule has 1 atom stereocenters. The number of fused-ring (bicyclic) bond motifs is 1. The number of ketones is 1. The van der Waals surface area contributed by atoms with Crippen LogP contribution in [0.15, 0.2) is 55.0 Å². The molecular weight excluding hydrogens is 542 g/mol. The number of carbonyl (C=O) groups excluding carboxylic acids is 2. The fraction of sp³-hybridized carbons (Fsp3) is 0.364. The Morgan fingerprint density at radius 1 is 1.02 bits per heavy atom. The molecule has 1 amide bonds. The molecule has 1 aromatic carbocycles. The van der Waals surface area contributed by atoms with Crippen LogP contribution in [0, 0.1) is 11.8 Å². The number of morpholine rings is 1. The molecule has 4 aromatic rings. The van der Waals surface area contributed by atoms with E-state index in [-0.39, 0.29) is 24.2 Å². The molecule has 2 fully saturated rings. The fourth-order valence-electron chi connectivity index (χ4n) is 5.83. The lowest BCUT2D eigenvalue weighted by atomic mass is 10.0. The first-order chi connectivity index (χ1) is 21.1. The first kappa shape index (κ1) is 28.4. The second-order valence-electron chi connectivity index (χ2n) is 11.0. The number of amides is 1. The lowest BCUT2D eigenvalue weighted by Gasteiger charge is -2.34. The average molecular weight is 578 g/mol. The molecule has 0 saturated carbocycles. The molecule has 1 unspecified atom stereocenters. The quantitative estimate of drug-likeness (QED) is 0.307. The van der Waals surface area contributed by atoms with Crippen molar-refractivity contribution in [3.63, 3.8) is 0 Å². The average Bonchev–Trinajstić information content (AvgIpc) is 3.47. The third-order valence-electron chi connectivity index (χ3n) is 7.92. The van der Waals surface area contributed by atoms with E-state index in [1.165, 1.54) is 0 Å². The van der Waals surface area contributed by atoms with Crippen molar-refractivity contribution in [3.8, 4) is 23.1 Å². The number of carbonyl (C=O) groups is 2. The molecule has 5 heterocycles. The van der Waals surface area contributed by atoms with Gasteiger partial charge in [0.05, 0.1) is 18.6 Å². The van der Waals surface area contributed by atoms with Crippen LogP contribution >= 0.6 is 0 Å². The molecule has 2 saturated heterocycles. The predicted octanol–water partition coefficient (Wildman–Crippen LogP) is 3.32. The highest BCUT2D eigenvalue weighted by atomic mass is 16.5. The van der Waals surface area contributed by atoms with E-state index < -0.39 is 0 Å². The summed E-state index contributed by atoms with van der Waals surface area (Å²) in [5, 5.41) is 3.98. The molecule has 2 aliphatic heterocycles. The van der Waals surface area contributed by atoms with Gasteiger partial charge in [0, 0.05) is 68.3 Å². The molecule has 3 aromatic heterocycles. The number of piperidine rings is 1. The maximum Gasteiger partial charge on any atom is 0.296 e. The van der Waals surface area contributed by atoms with Gasteiger partial charge in [-0.2, -0.15) is 0 Å². The van der Waals surface area contributed by atoms with Crippen molar-refractivity contribution in [2.24, 2.45) is 0 Å². The van der Waals surface area contributed by atoms with E-state index in [9.17, 15) is 9.59 Å². The van der Waals surface area contributed by atoms with Gasteiger partial charge in [-0.3, -0.25) is 14.6 Å². The molecule has 43 heavy (non-hydrogen) atoms. The SMILES string of the molecule is CC#CC(=O)NC1CCCN(c2ccnc(CC(=O)Cc3ccc(-c4cc5c(N6CCOCC6)ncnc5[nH]4)cc3)c2)C1. The second-order valence-corrected chi connectivity index (χ2v) is 11.0. The number of aromatic amines is 1. The van der Waals surface area contributed by atoms with Gasteiger partial charge in [0.2, 0.25) is 0 Å². The molecule has 10 heteroatoms. The number of rotatable bonds is 8. The lowest BCUT2D eigenvalue weighted by molar-refractivity contribution is -0.118. The Kier molecular flexibility index (Phi) is 8.61. The van der Waals surface area contributed by atoms with Gasteiger partial charge in [0.1, 0.15) is 23.6 Å². The number of pyridine rings is 1. The number of Topliss-reactive ketones (excluding diaryl/α,β-unsaturated/α-hetero) is 1. The summed E-state index contributed by atoms with van der Waals surface area (Å²) in [5.41, 5.74) is 5.51. The maximum atomic E-state index is 13.0. The molecule has 0 bridgehead atoms. The summed E-state index contributed by atoms with van der Waals surface area (Å²) in [6.45, 7) is 6.26. The van der Waals surface area contributed by atoms with E-state index in [1.807, 2.05) is 36.4 Å². The van der Waals surface area contributed by atoms with E-state index in [1.54, 1.807) is 19.4 Å². The van der Waals surface area contributed by atoms with Gasteiger partial charge in [-0.15, -0.1) is 0 Å². The third kappa shape index (κ3) is 6.84. The smallest absolute Gasteiger partial charge is 0.296 e. The number of nitrogens with one attached hydrogen (secondary N) is 2. The molecule has 2 aliphatic rings. The molecule has 0 aliphatic carbocycles. The normalized spacial score (nSPS) is 16.9. The van der Waals surface area contributed by atoms with Crippen LogP contribution in [0.3, 0.4) is 0 Å². The zero-order chi connectivity index (χ0) is 29.6. The molecular formula is C33H35N7O3. The Bertz CT molecular complexity index is 1670. The maximum absolute atomic E-state index is 13.0. The Labute approximate surface area is 250 Å². The Hall–Kier alpha value is -4.75. The topological polar surface area (TPSA) is 116 Å². The lowest BCUT2D eigenvalue weighted by Crippen LogP contribution is -2.47. The largest absolute Gasteiger partial charge is 0.378 e. The number of aromatic nitrogens is 4. The molecule has 0 radical (unpaired) electrons. The van der Waals surface area contributed by atoms with Crippen molar-refractivity contribution >= 4 is 34.2 Å². The van der Waals surface area contributed by atoms with Gasteiger partial charge < -0.3 is 24.8 Å². The summed E-state index contributed by atoms with van der Waals surface area (Å²) in [4.78, 5) is 46.3. The number of hydrogen-bond acceptors (Lipinski definition) is 8. The standard InChI is InChI=1S/C33H35N7O3/c1-2-4-31(42)37-25-5-3-12-40(21-25)27-10-11-34-26(18-27)19-28(41)17-23-6-8-24(9-7-23)30-20-29-32(38-30)35-22-36-33(29)39-13-15-43-16-14-39/h6-11,18,20,22,25H,3,5,12-17,19,21H2,1H3,(H,37,42)(H,35,36,38). The molecule has 0 spiro atoms. The minimum Gasteiger partial charge on any atom is -0.378 e. The minimum atomic E-state index is -0.239. The Balaban J connectivity index is 1.08. The van der Waals surface area contributed by atoms with Crippen molar-refractivity contribution in [2.45, 2.75) is 38.6 Å². The van der Waals surface area contributed by atoms with Gasteiger partial charge in [0.25, 0.3) is 5.91 Å². The molecule has 2 N–H and O–H groups in total. The van der Waals surface area contributed by atoms with Gasteiger partial charge in [0.15, 0.2) is 0 Å². The number of nitrogens with zero attached hydrogens (tertiary/aromatic N) is 5. The number of benzene rings is 1. The van der Waals surface area contributed by atoms with E-state index >= 15 is 0 Å². The van der Waals surface area contributed by atoms with Crippen molar-refractivity contribution < 1.29 is 14.3 Å². The van der Waals surface area contributed by atoms with Crippen molar-refractivity contribution in [1.82, 2.24) is 25.3 Å². The monoisotopic (exact) mass is 577 g/mol. The van der Waals surface area contributed by atoms with Crippen molar-refractivity contribution in [2.75, 3.05) is 49.2 Å². The van der Waals surface area contributed by atoms with Gasteiger partial charge in [-0.05, 0) is 55.0 Å². The minimum absolute atomic E-state index is 0.0485. The zero-order valence-corrected chi connectivity index (χ0v) is 24.3. The molecule has 220 valence electrons. The number of H-pyrrole nitrogens is 1. The van der Waals surface area contributed by atoms with Crippen molar-refractivity contribution in [3.05, 3.63) is 66.2 Å². The first-order valence-electron chi connectivity index (χ1n) is 14.8. The van der Waals surface area contributed by atoms with Crippen LogP contribution in [-0.4, -0.2) is 77.1 Å². The van der Waals surface area contributed by atoms with Crippen LogP contribution in [-0.2, 0) is 27.2 Å². The van der Waals surface area contributed by atoms with Crippen LogP contribution < -0.4 is 15.1 Å². The highest BCUT2D eigenvalue weighted by Gasteiger charge is 2.22.